The van der Waals surface area contributed by atoms with E-state index in [1.54, 1.807) is 13.8 Å². The summed E-state index contributed by atoms with van der Waals surface area (Å²) in [6, 6.07) is 0. The molecule has 0 saturated heterocycles. The average molecular weight is 336 g/mol. The molecule has 2 fully saturated rings. The summed E-state index contributed by atoms with van der Waals surface area (Å²) in [7, 11) is 0. The first-order valence-electron chi connectivity index (χ1n) is 7.63. The minimum Gasteiger partial charge on any atom is -0.452 e. The SMILES string of the molecule is CC(OC(=O)C1(C)CC1(Cl)Cl)C(=O)NCC1CCCCC1. The number of halogens is 2. The molecule has 4 nitrogen and oxygen atoms in total. The van der Waals surface area contributed by atoms with Crippen LogP contribution in [0.25, 0.3) is 0 Å². The molecule has 1 N–H and O–H groups in total. The molecule has 2 aliphatic rings. The molecule has 2 aliphatic carbocycles. The third kappa shape index (κ3) is 3.84. The Bertz CT molecular complexity index is 421. The van der Waals surface area contributed by atoms with Crippen LogP contribution in [0.2, 0.25) is 0 Å². The molecule has 0 bridgehead atoms. The number of alkyl halides is 2. The third-order valence-electron chi connectivity index (χ3n) is 4.65. The molecule has 0 spiro atoms. The van der Waals surface area contributed by atoms with Crippen molar-refractivity contribution >= 4 is 35.1 Å². The van der Waals surface area contributed by atoms with Crippen LogP contribution in [-0.2, 0) is 14.3 Å². The van der Waals surface area contributed by atoms with Gasteiger partial charge in [-0.25, -0.2) is 0 Å². The van der Waals surface area contributed by atoms with Gasteiger partial charge in [-0.3, -0.25) is 9.59 Å². The molecular formula is C15H23Cl2NO3. The first-order valence-corrected chi connectivity index (χ1v) is 8.38. The van der Waals surface area contributed by atoms with Gasteiger partial charge < -0.3 is 10.1 Å². The number of carbonyl (C=O) groups excluding carboxylic acids is 2. The van der Waals surface area contributed by atoms with Gasteiger partial charge in [0.25, 0.3) is 5.91 Å². The lowest BCUT2D eigenvalue weighted by molar-refractivity contribution is -0.159. The molecule has 0 aromatic heterocycles. The van der Waals surface area contributed by atoms with Crippen LogP contribution in [0, 0.1) is 11.3 Å². The number of rotatable bonds is 5. The van der Waals surface area contributed by atoms with E-state index >= 15 is 0 Å². The molecular weight excluding hydrogens is 313 g/mol. The van der Waals surface area contributed by atoms with Crippen molar-refractivity contribution in [3.05, 3.63) is 0 Å². The van der Waals surface area contributed by atoms with Crippen molar-refractivity contribution in [1.29, 1.82) is 0 Å². The fraction of sp³-hybridized carbons (Fsp3) is 0.867. The maximum Gasteiger partial charge on any atom is 0.315 e. The number of carbonyl (C=O) groups is 2. The average Bonchev–Trinajstić information content (AvgIpc) is 2.97. The first-order chi connectivity index (χ1) is 9.76. The number of esters is 1. The van der Waals surface area contributed by atoms with Gasteiger partial charge in [-0.15, -0.1) is 23.2 Å². The van der Waals surface area contributed by atoms with Gasteiger partial charge in [-0.2, -0.15) is 0 Å². The lowest BCUT2D eigenvalue weighted by Gasteiger charge is -2.23. The zero-order chi connectivity index (χ0) is 15.7. The Kier molecular flexibility index (Phi) is 5.09. The Balaban J connectivity index is 1.73. The van der Waals surface area contributed by atoms with Crippen LogP contribution in [0.4, 0.5) is 0 Å². The highest BCUT2D eigenvalue weighted by Crippen LogP contribution is 2.64. The summed E-state index contributed by atoms with van der Waals surface area (Å²) in [6.07, 6.45) is 5.62. The number of ether oxygens (including phenoxy) is 1. The molecule has 0 heterocycles. The highest BCUT2D eigenvalue weighted by atomic mass is 35.5. The quantitative estimate of drug-likeness (QED) is 0.620. The molecule has 2 saturated carbocycles. The molecule has 0 radical (unpaired) electrons. The van der Waals surface area contributed by atoms with E-state index in [9.17, 15) is 9.59 Å². The molecule has 21 heavy (non-hydrogen) atoms. The van der Waals surface area contributed by atoms with E-state index in [1.807, 2.05) is 0 Å². The number of amides is 1. The van der Waals surface area contributed by atoms with Gasteiger partial charge in [0.1, 0.15) is 9.75 Å². The van der Waals surface area contributed by atoms with E-state index < -0.39 is 21.8 Å². The summed E-state index contributed by atoms with van der Waals surface area (Å²) >= 11 is 11.9. The van der Waals surface area contributed by atoms with Crippen molar-refractivity contribution in [2.24, 2.45) is 11.3 Å². The lowest BCUT2D eigenvalue weighted by atomic mass is 9.89. The number of hydrogen-bond acceptors (Lipinski definition) is 3. The normalized spacial score (nSPS) is 29.5. The maximum absolute atomic E-state index is 12.0. The molecule has 120 valence electrons. The minimum atomic E-state index is -1.07. The molecule has 6 heteroatoms. The Hall–Kier alpha value is -0.480. The van der Waals surface area contributed by atoms with Crippen molar-refractivity contribution in [2.75, 3.05) is 6.54 Å². The van der Waals surface area contributed by atoms with Crippen molar-refractivity contribution in [2.45, 2.75) is 62.8 Å². The second kappa shape index (κ2) is 6.33. The third-order valence-corrected chi connectivity index (χ3v) is 5.75. The van der Waals surface area contributed by atoms with Crippen LogP contribution >= 0.6 is 23.2 Å². The van der Waals surface area contributed by atoms with Crippen LogP contribution in [0.3, 0.4) is 0 Å². The van der Waals surface area contributed by atoms with Crippen LogP contribution in [-0.4, -0.2) is 28.9 Å². The van der Waals surface area contributed by atoms with Crippen LogP contribution in [0.15, 0.2) is 0 Å². The molecule has 1 amide bonds. The van der Waals surface area contributed by atoms with E-state index in [0.29, 0.717) is 18.9 Å². The topological polar surface area (TPSA) is 55.4 Å². The lowest BCUT2D eigenvalue weighted by Crippen LogP contribution is -2.40. The van der Waals surface area contributed by atoms with Gasteiger partial charge in [-0.05, 0) is 32.6 Å². The Morgan fingerprint density at radius 1 is 1.29 bits per heavy atom. The summed E-state index contributed by atoms with van der Waals surface area (Å²) in [6.45, 7) is 3.89. The first kappa shape index (κ1) is 16.9. The second-order valence-electron chi connectivity index (χ2n) is 6.51. The van der Waals surface area contributed by atoms with Crippen LogP contribution in [0.1, 0.15) is 52.4 Å². The fourth-order valence-electron chi connectivity index (χ4n) is 2.75. The van der Waals surface area contributed by atoms with Gasteiger partial charge in [0.2, 0.25) is 0 Å². The number of hydrogen-bond donors (Lipinski definition) is 1. The highest BCUT2D eigenvalue weighted by molar-refractivity contribution is 6.53. The van der Waals surface area contributed by atoms with E-state index in [-0.39, 0.29) is 5.91 Å². The van der Waals surface area contributed by atoms with Gasteiger partial charge in [-0.1, -0.05) is 19.3 Å². The predicted octanol–water partition coefficient (Wildman–Crippen LogP) is 3.20. The van der Waals surface area contributed by atoms with Crippen LogP contribution in [0.5, 0.6) is 0 Å². The van der Waals surface area contributed by atoms with Crippen molar-refractivity contribution < 1.29 is 14.3 Å². The van der Waals surface area contributed by atoms with Crippen molar-refractivity contribution in [1.82, 2.24) is 5.32 Å². The standard InChI is InChI=1S/C15H23Cl2NO3/c1-10(21-13(20)14(2)9-15(14,16)17)12(19)18-8-11-6-4-3-5-7-11/h10-11H,3-9H2,1-2H3,(H,18,19). The Morgan fingerprint density at radius 3 is 2.38 bits per heavy atom. The highest BCUT2D eigenvalue weighted by Gasteiger charge is 2.69. The maximum atomic E-state index is 12.0. The summed E-state index contributed by atoms with van der Waals surface area (Å²) in [5.74, 6) is -0.217. The minimum absolute atomic E-state index is 0.257. The van der Waals surface area contributed by atoms with E-state index in [1.165, 1.54) is 19.3 Å². The smallest absolute Gasteiger partial charge is 0.315 e. The molecule has 2 rings (SSSR count). The van der Waals surface area contributed by atoms with Gasteiger partial charge in [0, 0.05) is 13.0 Å². The molecule has 0 aliphatic heterocycles. The Morgan fingerprint density at radius 2 is 1.86 bits per heavy atom. The summed E-state index contributed by atoms with van der Waals surface area (Å²) in [5, 5.41) is 2.87. The second-order valence-corrected chi connectivity index (χ2v) is 7.99. The summed E-state index contributed by atoms with van der Waals surface area (Å²) < 4.78 is 4.13. The van der Waals surface area contributed by atoms with Crippen LogP contribution < -0.4 is 5.32 Å². The summed E-state index contributed by atoms with van der Waals surface area (Å²) in [5.41, 5.74) is -0.895. The van der Waals surface area contributed by atoms with E-state index in [0.717, 1.165) is 12.8 Å². The summed E-state index contributed by atoms with van der Waals surface area (Å²) in [4.78, 5) is 24.0. The zero-order valence-corrected chi connectivity index (χ0v) is 14.1. The van der Waals surface area contributed by atoms with E-state index in [4.69, 9.17) is 27.9 Å². The van der Waals surface area contributed by atoms with E-state index in [2.05, 4.69) is 5.32 Å². The molecule has 0 aromatic rings. The van der Waals surface area contributed by atoms with Crippen molar-refractivity contribution in [3.63, 3.8) is 0 Å². The zero-order valence-electron chi connectivity index (χ0n) is 12.6. The van der Waals surface area contributed by atoms with Gasteiger partial charge in [0.15, 0.2) is 6.10 Å². The monoisotopic (exact) mass is 335 g/mol. The van der Waals surface area contributed by atoms with Gasteiger partial charge in [0.05, 0.1) is 0 Å². The number of nitrogens with one attached hydrogen (secondary N) is 1. The van der Waals surface area contributed by atoms with Crippen molar-refractivity contribution in [3.8, 4) is 0 Å². The Labute approximate surface area is 135 Å². The molecule has 2 unspecified atom stereocenters. The van der Waals surface area contributed by atoms with Gasteiger partial charge >= 0.3 is 5.97 Å². The molecule has 0 aromatic carbocycles. The molecule has 2 atom stereocenters. The predicted molar refractivity (Wildman–Crippen MR) is 82.3 cm³/mol. The largest absolute Gasteiger partial charge is 0.452 e. The fourth-order valence-corrected chi connectivity index (χ4v) is 3.43.